The average Bonchev–Trinajstić information content (AvgIpc) is 2.47. The summed E-state index contributed by atoms with van der Waals surface area (Å²) in [6.45, 7) is 8.84. The number of nitrogens with one attached hydrogen (secondary N) is 1. The van der Waals surface area contributed by atoms with Crippen molar-refractivity contribution in [1.29, 1.82) is 0 Å². The highest BCUT2D eigenvalue weighted by Gasteiger charge is 2.20. The fraction of sp³-hybridized carbons (Fsp3) is 0.353. The Morgan fingerprint density at radius 3 is 2.32 bits per heavy atom. The first kappa shape index (κ1) is 17.6. The van der Waals surface area contributed by atoms with E-state index in [-0.39, 0.29) is 12.3 Å². The van der Waals surface area contributed by atoms with Crippen LogP contribution in [0.25, 0.3) is 0 Å². The molecule has 0 bridgehead atoms. The van der Waals surface area contributed by atoms with E-state index < -0.39 is 17.3 Å². The van der Waals surface area contributed by atoms with Gasteiger partial charge in [0.15, 0.2) is 0 Å². The van der Waals surface area contributed by atoms with Crippen molar-refractivity contribution in [3.63, 3.8) is 0 Å². The maximum atomic E-state index is 11.4. The summed E-state index contributed by atoms with van der Waals surface area (Å²) in [5.74, 6) is -1.32. The van der Waals surface area contributed by atoms with E-state index in [1.165, 1.54) is 6.08 Å². The van der Waals surface area contributed by atoms with Gasteiger partial charge in [-0.05, 0) is 44.0 Å². The number of hydrogen-bond acceptors (Lipinski definition) is 4. The Hall–Kier alpha value is -2.43. The van der Waals surface area contributed by atoms with E-state index in [2.05, 4.69) is 11.9 Å². The zero-order valence-electron chi connectivity index (χ0n) is 13.1. The highest BCUT2D eigenvalue weighted by atomic mass is 16.5. The molecule has 0 saturated heterocycles. The van der Waals surface area contributed by atoms with Gasteiger partial charge in [0.05, 0.1) is 0 Å². The highest BCUT2D eigenvalue weighted by molar-refractivity contribution is 6.34. The van der Waals surface area contributed by atoms with Crippen LogP contribution in [0.3, 0.4) is 0 Å². The SMILES string of the molecule is C=CC(=O)NC(C)(C)Cc1ccc(OC(=O)C(=O)CC)cc1. The highest BCUT2D eigenvalue weighted by Crippen LogP contribution is 2.17. The summed E-state index contributed by atoms with van der Waals surface area (Å²) in [5, 5.41) is 2.84. The van der Waals surface area contributed by atoms with Gasteiger partial charge in [0.2, 0.25) is 11.7 Å². The maximum absolute atomic E-state index is 11.4. The summed E-state index contributed by atoms with van der Waals surface area (Å²) >= 11 is 0. The predicted octanol–water partition coefficient (Wildman–Crippen LogP) is 2.19. The standard InChI is InChI=1S/C17H21NO4/c1-5-14(19)16(21)22-13-9-7-12(8-10-13)11-17(3,4)18-15(20)6-2/h6-10H,2,5,11H2,1,3-4H3,(H,18,20). The van der Waals surface area contributed by atoms with Crippen LogP contribution >= 0.6 is 0 Å². The molecule has 0 aromatic heterocycles. The van der Waals surface area contributed by atoms with E-state index >= 15 is 0 Å². The fourth-order valence-electron chi connectivity index (χ4n) is 1.92. The van der Waals surface area contributed by atoms with Crippen LogP contribution in [0.1, 0.15) is 32.8 Å². The molecule has 1 N–H and O–H groups in total. The lowest BCUT2D eigenvalue weighted by Gasteiger charge is -2.25. The number of carbonyl (C=O) groups excluding carboxylic acids is 3. The Labute approximate surface area is 130 Å². The average molecular weight is 303 g/mol. The zero-order valence-corrected chi connectivity index (χ0v) is 13.1. The lowest BCUT2D eigenvalue weighted by molar-refractivity contribution is -0.146. The van der Waals surface area contributed by atoms with Gasteiger partial charge < -0.3 is 10.1 Å². The van der Waals surface area contributed by atoms with Crippen molar-refractivity contribution in [1.82, 2.24) is 5.32 Å². The van der Waals surface area contributed by atoms with Crippen LogP contribution in [-0.2, 0) is 20.8 Å². The predicted molar refractivity (Wildman–Crippen MR) is 83.5 cm³/mol. The van der Waals surface area contributed by atoms with E-state index in [0.29, 0.717) is 12.2 Å². The molecule has 0 aliphatic heterocycles. The molecule has 0 saturated carbocycles. The molecule has 1 aromatic carbocycles. The molecule has 1 aromatic rings. The lowest BCUT2D eigenvalue weighted by atomic mass is 9.95. The number of rotatable bonds is 7. The Bertz CT molecular complexity index is 573. The van der Waals surface area contributed by atoms with Gasteiger partial charge in [-0.3, -0.25) is 9.59 Å². The number of esters is 1. The van der Waals surface area contributed by atoms with Crippen LogP contribution in [0.5, 0.6) is 5.75 Å². The van der Waals surface area contributed by atoms with Gasteiger partial charge in [-0.25, -0.2) is 4.79 Å². The molecule has 1 rings (SSSR count). The quantitative estimate of drug-likeness (QED) is 0.363. The topological polar surface area (TPSA) is 72.5 Å². The summed E-state index contributed by atoms with van der Waals surface area (Å²) in [5.41, 5.74) is 0.540. The minimum atomic E-state index is -0.853. The monoisotopic (exact) mass is 303 g/mol. The van der Waals surface area contributed by atoms with Crippen molar-refractivity contribution in [2.24, 2.45) is 0 Å². The molecule has 0 radical (unpaired) electrons. The normalized spacial score (nSPS) is 10.7. The second kappa shape index (κ2) is 7.54. The maximum Gasteiger partial charge on any atom is 0.379 e. The van der Waals surface area contributed by atoms with Crippen molar-refractivity contribution in [3.8, 4) is 5.75 Å². The van der Waals surface area contributed by atoms with Crippen LogP contribution in [0.4, 0.5) is 0 Å². The Morgan fingerprint density at radius 1 is 1.23 bits per heavy atom. The Kier molecular flexibility index (Phi) is 6.04. The first-order valence-electron chi connectivity index (χ1n) is 7.06. The van der Waals surface area contributed by atoms with Crippen molar-refractivity contribution < 1.29 is 19.1 Å². The molecule has 22 heavy (non-hydrogen) atoms. The van der Waals surface area contributed by atoms with Crippen molar-refractivity contribution >= 4 is 17.7 Å². The third kappa shape index (κ3) is 5.52. The summed E-state index contributed by atoms with van der Waals surface area (Å²) in [7, 11) is 0. The molecular formula is C17H21NO4. The fourth-order valence-corrected chi connectivity index (χ4v) is 1.92. The van der Waals surface area contributed by atoms with E-state index in [1.807, 2.05) is 13.8 Å². The van der Waals surface area contributed by atoms with Crippen LogP contribution < -0.4 is 10.1 Å². The van der Waals surface area contributed by atoms with E-state index in [4.69, 9.17) is 4.74 Å². The summed E-state index contributed by atoms with van der Waals surface area (Å²) in [6, 6.07) is 6.84. The molecule has 0 unspecified atom stereocenters. The molecule has 5 heteroatoms. The first-order valence-corrected chi connectivity index (χ1v) is 7.06. The molecule has 0 aliphatic carbocycles. The van der Waals surface area contributed by atoms with Gasteiger partial charge >= 0.3 is 5.97 Å². The lowest BCUT2D eigenvalue weighted by Crippen LogP contribution is -2.44. The van der Waals surface area contributed by atoms with Crippen molar-refractivity contribution in [2.75, 3.05) is 0 Å². The number of amides is 1. The zero-order chi connectivity index (χ0) is 16.8. The second-order valence-corrected chi connectivity index (χ2v) is 5.56. The van der Waals surface area contributed by atoms with Gasteiger partial charge in [-0.2, -0.15) is 0 Å². The third-order valence-electron chi connectivity index (χ3n) is 2.98. The van der Waals surface area contributed by atoms with E-state index in [9.17, 15) is 14.4 Å². The Morgan fingerprint density at radius 2 is 1.82 bits per heavy atom. The van der Waals surface area contributed by atoms with E-state index in [0.717, 1.165) is 5.56 Å². The van der Waals surface area contributed by atoms with Gasteiger partial charge in [0.25, 0.3) is 0 Å². The minimum absolute atomic E-state index is 0.119. The minimum Gasteiger partial charge on any atom is -0.421 e. The van der Waals surface area contributed by atoms with Gasteiger partial charge in [0.1, 0.15) is 5.75 Å². The van der Waals surface area contributed by atoms with Crippen molar-refractivity contribution in [2.45, 2.75) is 39.2 Å². The summed E-state index contributed by atoms with van der Waals surface area (Å²) < 4.78 is 4.96. The van der Waals surface area contributed by atoms with Gasteiger partial charge in [-0.1, -0.05) is 25.6 Å². The molecule has 1 amide bonds. The second-order valence-electron chi connectivity index (χ2n) is 5.56. The largest absolute Gasteiger partial charge is 0.421 e. The summed E-state index contributed by atoms with van der Waals surface area (Å²) in [4.78, 5) is 33.9. The first-order chi connectivity index (χ1) is 10.3. The number of carbonyl (C=O) groups is 3. The van der Waals surface area contributed by atoms with Gasteiger partial charge in [-0.15, -0.1) is 0 Å². The summed E-state index contributed by atoms with van der Waals surface area (Å²) in [6.07, 6.45) is 1.96. The number of ketones is 1. The molecule has 0 spiro atoms. The van der Waals surface area contributed by atoms with Crippen LogP contribution in [-0.4, -0.2) is 23.2 Å². The number of Topliss-reactive ketones (excluding diaryl/α,β-unsaturated/α-hetero) is 1. The molecule has 0 fully saturated rings. The van der Waals surface area contributed by atoms with Crippen LogP contribution in [0.2, 0.25) is 0 Å². The molecule has 118 valence electrons. The van der Waals surface area contributed by atoms with Crippen LogP contribution in [0.15, 0.2) is 36.9 Å². The molecule has 5 nitrogen and oxygen atoms in total. The molecule has 0 aliphatic rings. The third-order valence-corrected chi connectivity index (χ3v) is 2.98. The number of hydrogen-bond donors (Lipinski definition) is 1. The molecular weight excluding hydrogens is 282 g/mol. The van der Waals surface area contributed by atoms with Gasteiger partial charge in [0, 0.05) is 12.0 Å². The Balaban J connectivity index is 2.69. The van der Waals surface area contributed by atoms with Crippen LogP contribution in [0, 0.1) is 0 Å². The smallest absolute Gasteiger partial charge is 0.379 e. The van der Waals surface area contributed by atoms with Crippen molar-refractivity contribution in [3.05, 3.63) is 42.5 Å². The molecule has 0 atom stereocenters. The van der Waals surface area contributed by atoms with E-state index in [1.54, 1.807) is 31.2 Å². The number of benzene rings is 1. The number of ether oxygens (including phenoxy) is 1. The molecule has 0 heterocycles.